The molecule has 0 atom stereocenters. The molecule has 0 amide bonds. The number of alkyl halides is 1. The van der Waals surface area contributed by atoms with E-state index in [0.717, 1.165) is 6.07 Å². The summed E-state index contributed by atoms with van der Waals surface area (Å²) in [5.74, 6) is -1.91. The van der Waals surface area contributed by atoms with Gasteiger partial charge in [0.05, 0.1) is 0 Å². The Labute approximate surface area is 74.6 Å². The highest BCUT2D eigenvalue weighted by Gasteiger charge is 2.09. The van der Waals surface area contributed by atoms with Gasteiger partial charge >= 0.3 is 0 Å². The first-order valence-corrected chi connectivity index (χ1v) is 3.86. The molecule has 1 nitrogen and oxygen atoms in total. The molecule has 0 aliphatic rings. The van der Waals surface area contributed by atoms with Gasteiger partial charge in [-0.05, 0) is 24.7 Å². The maximum Gasteiger partial charge on any atom is 0.163 e. The van der Waals surface area contributed by atoms with Crippen LogP contribution in [0.2, 0.25) is 0 Å². The SMILES string of the molecule is CNCc1cc(CF)cc(F)c1F. The molecule has 0 radical (unpaired) electrons. The van der Waals surface area contributed by atoms with Crippen molar-refractivity contribution in [2.45, 2.75) is 13.2 Å². The van der Waals surface area contributed by atoms with E-state index in [1.165, 1.54) is 6.07 Å². The fourth-order valence-corrected chi connectivity index (χ4v) is 1.10. The Bertz CT molecular complexity index is 299. The van der Waals surface area contributed by atoms with Crippen molar-refractivity contribution in [3.63, 3.8) is 0 Å². The van der Waals surface area contributed by atoms with E-state index in [9.17, 15) is 13.2 Å². The Balaban J connectivity index is 3.09. The molecule has 0 unspecified atom stereocenters. The van der Waals surface area contributed by atoms with E-state index < -0.39 is 18.3 Å². The Morgan fingerprint density at radius 3 is 2.54 bits per heavy atom. The normalized spacial score (nSPS) is 10.5. The topological polar surface area (TPSA) is 12.0 Å². The van der Waals surface area contributed by atoms with E-state index >= 15 is 0 Å². The van der Waals surface area contributed by atoms with E-state index in [1.54, 1.807) is 7.05 Å². The minimum Gasteiger partial charge on any atom is -0.316 e. The standard InChI is InChI=1S/C9H10F3N/c1-13-5-7-2-6(4-10)3-8(11)9(7)12/h2-3,13H,4-5H2,1H3. The highest BCUT2D eigenvalue weighted by molar-refractivity contribution is 5.25. The molecule has 0 aliphatic carbocycles. The lowest BCUT2D eigenvalue weighted by atomic mass is 10.1. The molecule has 0 bridgehead atoms. The number of halogens is 3. The van der Waals surface area contributed by atoms with Gasteiger partial charge in [0.15, 0.2) is 11.6 Å². The second-order valence-electron chi connectivity index (χ2n) is 2.71. The molecular formula is C9H10F3N. The average Bonchev–Trinajstić information content (AvgIpc) is 2.13. The summed E-state index contributed by atoms with van der Waals surface area (Å²) >= 11 is 0. The third kappa shape index (κ3) is 2.21. The third-order valence-electron chi connectivity index (χ3n) is 1.68. The molecule has 0 saturated heterocycles. The Hall–Kier alpha value is -1.03. The summed E-state index contributed by atoms with van der Waals surface area (Å²) in [6, 6.07) is 2.18. The van der Waals surface area contributed by atoms with Gasteiger partial charge in [0.2, 0.25) is 0 Å². The fourth-order valence-electron chi connectivity index (χ4n) is 1.10. The highest BCUT2D eigenvalue weighted by Crippen LogP contribution is 2.15. The van der Waals surface area contributed by atoms with Gasteiger partial charge in [0.25, 0.3) is 0 Å². The Morgan fingerprint density at radius 2 is 2.00 bits per heavy atom. The Kier molecular flexibility index (Phi) is 3.31. The number of hydrogen-bond acceptors (Lipinski definition) is 1. The van der Waals surface area contributed by atoms with E-state index in [2.05, 4.69) is 5.32 Å². The number of nitrogens with one attached hydrogen (secondary N) is 1. The Morgan fingerprint density at radius 1 is 1.31 bits per heavy atom. The summed E-state index contributed by atoms with van der Waals surface area (Å²) in [5.41, 5.74) is 0.305. The van der Waals surface area contributed by atoms with Crippen LogP contribution in [-0.4, -0.2) is 7.05 Å². The summed E-state index contributed by atoms with van der Waals surface area (Å²) in [6.07, 6.45) is 0. The van der Waals surface area contributed by atoms with E-state index in [1.807, 2.05) is 0 Å². The van der Waals surface area contributed by atoms with Crippen LogP contribution < -0.4 is 5.32 Å². The van der Waals surface area contributed by atoms with Crippen LogP contribution >= 0.6 is 0 Å². The van der Waals surface area contributed by atoms with Crippen molar-refractivity contribution in [1.29, 1.82) is 0 Å². The van der Waals surface area contributed by atoms with E-state index in [0.29, 0.717) is 0 Å². The second-order valence-corrected chi connectivity index (χ2v) is 2.71. The predicted molar refractivity (Wildman–Crippen MR) is 43.9 cm³/mol. The summed E-state index contributed by atoms with van der Waals surface area (Å²) in [7, 11) is 1.61. The largest absolute Gasteiger partial charge is 0.316 e. The molecular weight excluding hydrogens is 179 g/mol. The van der Waals surface area contributed by atoms with Crippen LogP contribution in [0, 0.1) is 11.6 Å². The molecule has 13 heavy (non-hydrogen) atoms. The van der Waals surface area contributed by atoms with Crippen molar-refractivity contribution in [3.05, 3.63) is 34.9 Å². The minimum absolute atomic E-state index is 0.148. The molecule has 1 N–H and O–H groups in total. The van der Waals surface area contributed by atoms with Crippen molar-refractivity contribution < 1.29 is 13.2 Å². The molecule has 1 rings (SSSR count). The second kappa shape index (κ2) is 4.28. The van der Waals surface area contributed by atoms with Crippen molar-refractivity contribution in [1.82, 2.24) is 5.32 Å². The summed E-state index contributed by atoms with van der Waals surface area (Å²) in [4.78, 5) is 0. The monoisotopic (exact) mass is 189 g/mol. The number of hydrogen-bond donors (Lipinski definition) is 1. The van der Waals surface area contributed by atoms with Gasteiger partial charge in [0, 0.05) is 12.1 Å². The van der Waals surface area contributed by atoms with Gasteiger partial charge < -0.3 is 5.32 Å². The van der Waals surface area contributed by atoms with Crippen molar-refractivity contribution in [3.8, 4) is 0 Å². The first kappa shape index (κ1) is 10.1. The maximum atomic E-state index is 13.0. The third-order valence-corrected chi connectivity index (χ3v) is 1.68. The van der Waals surface area contributed by atoms with Gasteiger partial charge in [-0.3, -0.25) is 0 Å². The number of benzene rings is 1. The lowest BCUT2D eigenvalue weighted by molar-refractivity contribution is 0.467. The molecule has 0 spiro atoms. The summed E-state index contributed by atoms with van der Waals surface area (Å²) in [6.45, 7) is -0.593. The van der Waals surface area contributed by atoms with E-state index in [-0.39, 0.29) is 17.7 Å². The molecule has 0 fully saturated rings. The molecule has 1 aromatic rings. The van der Waals surface area contributed by atoms with Crippen LogP contribution in [0.15, 0.2) is 12.1 Å². The summed E-state index contributed by atoms with van der Waals surface area (Å²) < 4.78 is 37.9. The fraction of sp³-hybridized carbons (Fsp3) is 0.333. The zero-order valence-corrected chi connectivity index (χ0v) is 7.20. The van der Waals surface area contributed by atoms with E-state index in [4.69, 9.17) is 0 Å². The molecule has 0 saturated carbocycles. The quantitative estimate of drug-likeness (QED) is 0.768. The van der Waals surface area contributed by atoms with Crippen LogP contribution in [0.25, 0.3) is 0 Å². The van der Waals surface area contributed by atoms with Gasteiger partial charge in [-0.1, -0.05) is 0 Å². The summed E-state index contributed by atoms with van der Waals surface area (Å²) in [5, 5.41) is 2.67. The molecule has 72 valence electrons. The minimum atomic E-state index is -1.000. The first-order chi connectivity index (χ1) is 6.19. The lowest BCUT2D eigenvalue weighted by Gasteiger charge is -2.05. The first-order valence-electron chi connectivity index (χ1n) is 3.86. The molecule has 0 heterocycles. The van der Waals surface area contributed by atoms with Crippen LogP contribution in [0.5, 0.6) is 0 Å². The zero-order chi connectivity index (χ0) is 9.84. The smallest absolute Gasteiger partial charge is 0.163 e. The molecule has 0 aromatic heterocycles. The van der Waals surface area contributed by atoms with Crippen LogP contribution in [-0.2, 0) is 13.2 Å². The lowest BCUT2D eigenvalue weighted by Crippen LogP contribution is -2.08. The molecule has 1 aromatic carbocycles. The van der Waals surface area contributed by atoms with Gasteiger partial charge in [-0.15, -0.1) is 0 Å². The van der Waals surface area contributed by atoms with Crippen molar-refractivity contribution in [2.24, 2.45) is 0 Å². The van der Waals surface area contributed by atoms with Gasteiger partial charge in [-0.25, -0.2) is 13.2 Å². The predicted octanol–water partition coefficient (Wildman–Crippen LogP) is 2.15. The average molecular weight is 189 g/mol. The molecule has 4 heteroatoms. The van der Waals surface area contributed by atoms with Crippen LogP contribution in [0.1, 0.15) is 11.1 Å². The number of rotatable bonds is 3. The maximum absolute atomic E-state index is 13.0. The van der Waals surface area contributed by atoms with Crippen LogP contribution in [0.4, 0.5) is 13.2 Å². The van der Waals surface area contributed by atoms with Crippen molar-refractivity contribution in [2.75, 3.05) is 7.05 Å². The zero-order valence-electron chi connectivity index (χ0n) is 7.20. The highest BCUT2D eigenvalue weighted by atomic mass is 19.2. The molecule has 0 aliphatic heterocycles. The van der Waals surface area contributed by atoms with Crippen molar-refractivity contribution >= 4 is 0 Å². The van der Waals surface area contributed by atoms with Gasteiger partial charge in [-0.2, -0.15) is 0 Å². The van der Waals surface area contributed by atoms with Crippen LogP contribution in [0.3, 0.4) is 0 Å². The van der Waals surface area contributed by atoms with Gasteiger partial charge in [0.1, 0.15) is 6.67 Å².